The zero-order chi connectivity index (χ0) is 12.1. The Morgan fingerprint density at radius 2 is 2.00 bits per heavy atom. The van der Waals surface area contributed by atoms with Gasteiger partial charge in [-0.2, -0.15) is 0 Å². The van der Waals surface area contributed by atoms with E-state index in [1.165, 1.54) is 0 Å². The summed E-state index contributed by atoms with van der Waals surface area (Å²) in [5, 5.41) is 0. The van der Waals surface area contributed by atoms with Gasteiger partial charge in [-0.25, -0.2) is 0 Å². The van der Waals surface area contributed by atoms with Crippen LogP contribution in [0.15, 0.2) is 0 Å². The van der Waals surface area contributed by atoms with Gasteiger partial charge in [0.25, 0.3) is 0 Å². The van der Waals surface area contributed by atoms with E-state index in [1.54, 1.807) is 4.90 Å². The maximum atomic E-state index is 11.7. The normalized spacial score (nSPS) is 19.3. The predicted molar refractivity (Wildman–Crippen MR) is 64.3 cm³/mol. The zero-order valence-corrected chi connectivity index (χ0v) is 11.3. The van der Waals surface area contributed by atoms with E-state index < -0.39 is 0 Å². The first kappa shape index (κ1) is 13.5. The van der Waals surface area contributed by atoms with Crippen LogP contribution >= 0.6 is 15.9 Å². The van der Waals surface area contributed by atoms with Gasteiger partial charge in [0.05, 0.1) is 17.4 Å². The molecule has 0 N–H and O–H groups in total. The van der Waals surface area contributed by atoms with Crippen LogP contribution in [-0.4, -0.2) is 41.3 Å². The van der Waals surface area contributed by atoms with Crippen LogP contribution < -0.4 is 0 Å². The molecule has 1 atom stereocenters. The number of piperidine rings is 1. The van der Waals surface area contributed by atoms with Gasteiger partial charge >= 0.3 is 5.97 Å². The lowest BCUT2D eigenvalue weighted by molar-refractivity contribution is -0.151. The first-order valence-corrected chi connectivity index (χ1v) is 6.57. The quantitative estimate of drug-likeness (QED) is 0.586. The number of halogens is 1. The van der Waals surface area contributed by atoms with E-state index in [0.717, 1.165) is 0 Å². The third-order valence-electron chi connectivity index (χ3n) is 2.77. The van der Waals surface area contributed by atoms with Crippen molar-refractivity contribution in [2.75, 3.05) is 19.7 Å². The molecule has 5 heteroatoms. The third kappa shape index (κ3) is 3.47. The molecule has 0 spiro atoms. The molecule has 1 unspecified atom stereocenters. The first-order chi connectivity index (χ1) is 7.56. The van der Waals surface area contributed by atoms with Gasteiger partial charge in [0.15, 0.2) is 0 Å². The van der Waals surface area contributed by atoms with Crippen molar-refractivity contribution in [2.45, 2.75) is 31.5 Å². The number of rotatable bonds is 3. The van der Waals surface area contributed by atoms with Crippen molar-refractivity contribution in [3.8, 4) is 0 Å². The molecule has 16 heavy (non-hydrogen) atoms. The van der Waals surface area contributed by atoms with Gasteiger partial charge in [-0.05, 0) is 26.7 Å². The summed E-state index contributed by atoms with van der Waals surface area (Å²) in [7, 11) is 0. The Labute approximate surface area is 104 Å². The molecular formula is C11H18BrNO3. The van der Waals surface area contributed by atoms with E-state index in [4.69, 9.17) is 4.74 Å². The van der Waals surface area contributed by atoms with Crippen LogP contribution in [0.25, 0.3) is 0 Å². The second-order valence-corrected chi connectivity index (χ2v) is 5.34. The van der Waals surface area contributed by atoms with Gasteiger partial charge in [-0.1, -0.05) is 15.9 Å². The number of ether oxygens (including phenoxy) is 1. The van der Waals surface area contributed by atoms with E-state index in [-0.39, 0.29) is 22.6 Å². The van der Waals surface area contributed by atoms with Crippen molar-refractivity contribution in [3.05, 3.63) is 0 Å². The Kier molecular flexibility index (Phi) is 5.25. The first-order valence-electron chi connectivity index (χ1n) is 5.65. The molecule has 0 saturated carbocycles. The van der Waals surface area contributed by atoms with Crippen LogP contribution in [0, 0.1) is 5.92 Å². The summed E-state index contributed by atoms with van der Waals surface area (Å²) in [6, 6.07) is 0. The number of nitrogens with zero attached hydrogens (tertiary/aromatic N) is 1. The van der Waals surface area contributed by atoms with Gasteiger partial charge in [-0.3, -0.25) is 9.59 Å². The molecule has 1 rings (SSSR count). The topological polar surface area (TPSA) is 46.6 Å². The van der Waals surface area contributed by atoms with Crippen LogP contribution in [0.3, 0.4) is 0 Å². The molecule has 1 amide bonds. The molecule has 1 saturated heterocycles. The van der Waals surface area contributed by atoms with Gasteiger partial charge in [-0.15, -0.1) is 0 Å². The number of alkyl halides is 1. The summed E-state index contributed by atoms with van der Waals surface area (Å²) in [6.07, 6.45) is 1.43. The molecule has 92 valence electrons. The second kappa shape index (κ2) is 6.23. The molecule has 0 aliphatic carbocycles. The van der Waals surface area contributed by atoms with Crippen molar-refractivity contribution < 1.29 is 14.3 Å². The van der Waals surface area contributed by atoms with Crippen molar-refractivity contribution in [1.29, 1.82) is 0 Å². The maximum Gasteiger partial charge on any atom is 0.309 e. The van der Waals surface area contributed by atoms with Crippen molar-refractivity contribution in [1.82, 2.24) is 4.90 Å². The number of hydrogen-bond acceptors (Lipinski definition) is 3. The maximum absolute atomic E-state index is 11.7. The number of esters is 1. The number of carbonyl (C=O) groups excluding carboxylic acids is 2. The Bertz CT molecular complexity index is 260. The summed E-state index contributed by atoms with van der Waals surface area (Å²) in [5.74, 6) is -0.0570. The van der Waals surface area contributed by atoms with Crippen molar-refractivity contribution in [3.63, 3.8) is 0 Å². The number of hydrogen-bond donors (Lipinski definition) is 0. The largest absolute Gasteiger partial charge is 0.466 e. The lowest BCUT2D eigenvalue weighted by atomic mass is 9.97. The summed E-state index contributed by atoms with van der Waals surface area (Å²) < 4.78 is 4.97. The van der Waals surface area contributed by atoms with Crippen LogP contribution in [0.1, 0.15) is 26.7 Å². The standard InChI is InChI=1S/C11H18BrNO3/c1-3-16-11(15)9-4-6-13(7-5-9)10(14)8(2)12/h8-9H,3-7H2,1-2H3. The fraction of sp³-hybridized carbons (Fsp3) is 0.818. The fourth-order valence-corrected chi connectivity index (χ4v) is 2.14. The Morgan fingerprint density at radius 3 is 2.44 bits per heavy atom. The molecule has 0 bridgehead atoms. The molecule has 0 radical (unpaired) electrons. The minimum Gasteiger partial charge on any atom is -0.466 e. The molecule has 0 aromatic rings. The molecule has 4 nitrogen and oxygen atoms in total. The average Bonchev–Trinajstić information content (AvgIpc) is 2.28. The summed E-state index contributed by atoms with van der Waals surface area (Å²) >= 11 is 3.26. The Balaban J connectivity index is 2.39. The highest BCUT2D eigenvalue weighted by Crippen LogP contribution is 2.20. The van der Waals surface area contributed by atoms with Crippen LogP contribution in [-0.2, 0) is 14.3 Å². The molecule has 1 aliphatic heterocycles. The highest BCUT2D eigenvalue weighted by Gasteiger charge is 2.29. The van der Waals surface area contributed by atoms with Crippen LogP contribution in [0.2, 0.25) is 0 Å². The average molecular weight is 292 g/mol. The SMILES string of the molecule is CCOC(=O)C1CCN(C(=O)C(C)Br)CC1. The van der Waals surface area contributed by atoms with Crippen LogP contribution in [0.5, 0.6) is 0 Å². The predicted octanol–water partition coefficient (Wildman–Crippen LogP) is 1.57. The minimum absolute atomic E-state index is 0.0327. The van der Waals surface area contributed by atoms with E-state index in [0.29, 0.717) is 32.5 Å². The number of likely N-dealkylation sites (tertiary alicyclic amines) is 1. The molecule has 1 fully saturated rings. The lowest BCUT2D eigenvalue weighted by Crippen LogP contribution is -2.43. The van der Waals surface area contributed by atoms with E-state index in [1.807, 2.05) is 13.8 Å². The molecule has 1 heterocycles. The van der Waals surface area contributed by atoms with E-state index >= 15 is 0 Å². The summed E-state index contributed by atoms with van der Waals surface area (Å²) in [6.45, 7) is 5.36. The van der Waals surface area contributed by atoms with Crippen molar-refractivity contribution >= 4 is 27.8 Å². The lowest BCUT2D eigenvalue weighted by Gasteiger charge is -2.31. The zero-order valence-electron chi connectivity index (χ0n) is 9.74. The smallest absolute Gasteiger partial charge is 0.309 e. The van der Waals surface area contributed by atoms with Gasteiger partial charge in [0, 0.05) is 13.1 Å². The summed E-state index contributed by atoms with van der Waals surface area (Å²) in [5.41, 5.74) is 0. The molecule has 0 aromatic carbocycles. The minimum atomic E-state index is -0.147. The third-order valence-corrected chi connectivity index (χ3v) is 3.16. The highest BCUT2D eigenvalue weighted by molar-refractivity contribution is 9.10. The molecule has 1 aliphatic rings. The van der Waals surface area contributed by atoms with Crippen LogP contribution in [0.4, 0.5) is 0 Å². The number of carbonyl (C=O) groups is 2. The number of amides is 1. The molecule has 0 aromatic heterocycles. The van der Waals surface area contributed by atoms with E-state index in [2.05, 4.69) is 15.9 Å². The Morgan fingerprint density at radius 1 is 1.44 bits per heavy atom. The van der Waals surface area contributed by atoms with Gasteiger partial charge in [0.2, 0.25) is 5.91 Å². The summed E-state index contributed by atoms with van der Waals surface area (Å²) in [4.78, 5) is 24.8. The van der Waals surface area contributed by atoms with E-state index in [9.17, 15) is 9.59 Å². The highest BCUT2D eigenvalue weighted by atomic mass is 79.9. The Hall–Kier alpha value is -0.580. The molecular weight excluding hydrogens is 274 g/mol. The van der Waals surface area contributed by atoms with Gasteiger partial charge < -0.3 is 9.64 Å². The van der Waals surface area contributed by atoms with Gasteiger partial charge in [0.1, 0.15) is 0 Å². The fourth-order valence-electron chi connectivity index (χ4n) is 1.85. The van der Waals surface area contributed by atoms with Crippen molar-refractivity contribution in [2.24, 2.45) is 5.92 Å². The monoisotopic (exact) mass is 291 g/mol. The second-order valence-electron chi connectivity index (χ2n) is 3.97.